The fourth-order valence-corrected chi connectivity index (χ4v) is 2.33. The summed E-state index contributed by atoms with van der Waals surface area (Å²) in [6.45, 7) is 4.64. The van der Waals surface area contributed by atoms with Gasteiger partial charge in [0.2, 0.25) is 0 Å². The number of anilines is 1. The fourth-order valence-electron chi connectivity index (χ4n) is 2.33. The number of aryl methyl sites for hydroxylation is 1. The van der Waals surface area contributed by atoms with Crippen LogP contribution in [0.2, 0.25) is 0 Å². The molecule has 0 atom stereocenters. The molecular formula is C15H21NO2. The summed E-state index contributed by atoms with van der Waals surface area (Å²) in [5, 5.41) is 0. The molecule has 98 valence electrons. The molecule has 1 aromatic rings. The average molecular weight is 247 g/mol. The zero-order chi connectivity index (χ0) is 12.8. The summed E-state index contributed by atoms with van der Waals surface area (Å²) in [5.41, 5.74) is 2.50. The van der Waals surface area contributed by atoms with Crippen molar-refractivity contribution in [2.75, 3.05) is 24.6 Å². The van der Waals surface area contributed by atoms with E-state index in [0.29, 0.717) is 13.0 Å². The number of nitrogens with zero attached hydrogens (tertiary/aromatic N) is 1. The number of esters is 1. The van der Waals surface area contributed by atoms with Gasteiger partial charge in [0.05, 0.1) is 6.61 Å². The Balaban J connectivity index is 1.85. The highest BCUT2D eigenvalue weighted by Crippen LogP contribution is 2.20. The molecule has 0 radical (unpaired) electrons. The normalized spacial score (nSPS) is 14.8. The van der Waals surface area contributed by atoms with Crippen LogP contribution in [0.4, 0.5) is 5.69 Å². The Bertz CT molecular complexity index is 380. The molecule has 3 nitrogen and oxygen atoms in total. The highest BCUT2D eigenvalue weighted by atomic mass is 16.5. The predicted molar refractivity (Wildman–Crippen MR) is 72.8 cm³/mol. The van der Waals surface area contributed by atoms with Crippen molar-refractivity contribution in [1.82, 2.24) is 0 Å². The largest absolute Gasteiger partial charge is 0.466 e. The molecule has 1 aliphatic heterocycles. The van der Waals surface area contributed by atoms with Crippen molar-refractivity contribution in [3.05, 3.63) is 29.8 Å². The molecule has 0 aliphatic carbocycles. The molecule has 18 heavy (non-hydrogen) atoms. The van der Waals surface area contributed by atoms with Gasteiger partial charge in [0.25, 0.3) is 0 Å². The molecular weight excluding hydrogens is 226 g/mol. The number of benzene rings is 1. The van der Waals surface area contributed by atoms with Crippen LogP contribution in [0.5, 0.6) is 0 Å². The first-order valence-electron chi connectivity index (χ1n) is 6.79. The van der Waals surface area contributed by atoms with E-state index in [1.165, 1.54) is 37.2 Å². The summed E-state index contributed by atoms with van der Waals surface area (Å²) in [7, 11) is 0. The number of hydrogen-bond donors (Lipinski definition) is 0. The van der Waals surface area contributed by atoms with Crippen LogP contribution in [0.1, 0.15) is 31.7 Å². The Morgan fingerprint density at radius 2 is 1.89 bits per heavy atom. The van der Waals surface area contributed by atoms with Gasteiger partial charge < -0.3 is 9.64 Å². The van der Waals surface area contributed by atoms with Crippen molar-refractivity contribution in [2.24, 2.45) is 0 Å². The third kappa shape index (κ3) is 3.49. The number of carbonyl (C=O) groups excluding carboxylic acids is 1. The molecule has 1 saturated heterocycles. The van der Waals surface area contributed by atoms with Gasteiger partial charge in [0, 0.05) is 25.2 Å². The SMILES string of the molecule is CCOC(=O)CCc1ccc(N2CCCC2)cc1. The summed E-state index contributed by atoms with van der Waals surface area (Å²) in [6, 6.07) is 8.55. The van der Waals surface area contributed by atoms with Crippen molar-refractivity contribution < 1.29 is 9.53 Å². The van der Waals surface area contributed by atoms with E-state index < -0.39 is 0 Å². The molecule has 1 aromatic carbocycles. The highest BCUT2D eigenvalue weighted by Gasteiger charge is 2.11. The third-order valence-corrected chi connectivity index (χ3v) is 3.33. The van der Waals surface area contributed by atoms with E-state index in [0.717, 1.165) is 6.42 Å². The van der Waals surface area contributed by atoms with Crippen molar-refractivity contribution in [3.63, 3.8) is 0 Å². The van der Waals surface area contributed by atoms with Gasteiger partial charge in [-0.3, -0.25) is 4.79 Å². The predicted octanol–water partition coefficient (Wildman–Crippen LogP) is 2.78. The van der Waals surface area contributed by atoms with Gasteiger partial charge in [-0.25, -0.2) is 0 Å². The molecule has 0 saturated carbocycles. The summed E-state index contributed by atoms with van der Waals surface area (Å²) < 4.78 is 4.92. The first-order valence-corrected chi connectivity index (χ1v) is 6.79. The molecule has 1 fully saturated rings. The number of ether oxygens (including phenoxy) is 1. The van der Waals surface area contributed by atoms with Crippen LogP contribution in [0.15, 0.2) is 24.3 Å². The van der Waals surface area contributed by atoms with Crippen molar-refractivity contribution in [3.8, 4) is 0 Å². The Morgan fingerprint density at radius 1 is 1.22 bits per heavy atom. The molecule has 1 heterocycles. The van der Waals surface area contributed by atoms with Crippen LogP contribution in [0.25, 0.3) is 0 Å². The lowest BCUT2D eigenvalue weighted by Gasteiger charge is -2.17. The highest BCUT2D eigenvalue weighted by molar-refractivity contribution is 5.69. The monoisotopic (exact) mass is 247 g/mol. The standard InChI is InChI=1S/C15H21NO2/c1-2-18-15(17)10-7-13-5-8-14(9-6-13)16-11-3-4-12-16/h5-6,8-9H,2-4,7,10-12H2,1H3. The first-order chi connectivity index (χ1) is 8.79. The lowest BCUT2D eigenvalue weighted by molar-refractivity contribution is -0.143. The number of carbonyl (C=O) groups is 1. The topological polar surface area (TPSA) is 29.5 Å². The minimum Gasteiger partial charge on any atom is -0.466 e. The van der Waals surface area contributed by atoms with E-state index in [1.807, 2.05) is 6.92 Å². The quantitative estimate of drug-likeness (QED) is 0.749. The maximum atomic E-state index is 11.3. The second kappa shape index (κ2) is 6.43. The van der Waals surface area contributed by atoms with Crippen LogP contribution in [-0.2, 0) is 16.0 Å². The van der Waals surface area contributed by atoms with Crippen molar-refractivity contribution in [1.29, 1.82) is 0 Å². The number of hydrogen-bond acceptors (Lipinski definition) is 3. The molecule has 0 amide bonds. The molecule has 0 unspecified atom stereocenters. The summed E-state index contributed by atoms with van der Waals surface area (Å²) in [6.07, 6.45) is 3.82. The lowest BCUT2D eigenvalue weighted by Crippen LogP contribution is -2.17. The maximum absolute atomic E-state index is 11.3. The van der Waals surface area contributed by atoms with Crippen LogP contribution in [-0.4, -0.2) is 25.7 Å². The molecule has 2 rings (SSSR count). The van der Waals surface area contributed by atoms with Gasteiger partial charge in [-0.05, 0) is 43.9 Å². The lowest BCUT2D eigenvalue weighted by atomic mass is 10.1. The Hall–Kier alpha value is -1.51. The van der Waals surface area contributed by atoms with Gasteiger partial charge in [-0.15, -0.1) is 0 Å². The second-order valence-corrected chi connectivity index (χ2v) is 4.67. The second-order valence-electron chi connectivity index (χ2n) is 4.67. The van der Waals surface area contributed by atoms with E-state index >= 15 is 0 Å². The van der Waals surface area contributed by atoms with Gasteiger partial charge in [0.1, 0.15) is 0 Å². The molecule has 0 aromatic heterocycles. The van der Waals surface area contributed by atoms with Gasteiger partial charge in [-0.1, -0.05) is 12.1 Å². The molecule has 3 heteroatoms. The summed E-state index contributed by atoms with van der Waals surface area (Å²) in [4.78, 5) is 13.7. The van der Waals surface area contributed by atoms with Crippen LogP contribution in [0.3, 0.4) is 0 Å². The van der Waals surface area contributed by atoms with Gasteiger partial charge in [0.15, 0.2) is 0 Å². The average Bonchev–Trinajstić information content (AvgIpc) is 2.91. The Labute approximate surface area is 109 Å². The Morgan fingerprint density at radius 3 is 2.50 bits per heavy atom. The van der Waals surface area contributed by atoms with E-state index in [2.05, 4.69) is 29.2 Å². The molecule has 0 bridgehead atoms. The van der Waals surface area contributed by atoms with E-state index in [9.17, 15) is 4.79 Å². The van der Waals surface area contributed by atoms with Gasteiger partial charge in [-0.2, -0.15) is 0 Å². The van der Waals surface area contributed by atoms with Crippen LogP contribution in [0, 0.1) is 0 Å². The van der Waals surface area contributed by atoms with Crippen LogP contribution < -0.4 is 4.90 Å². The molecule has 0 N–H and O–H groups in total. The number of rotatable bonds is 5. The summed E-state index contributed by atoms with van der Waals surface area (Å²) in [5.74, 6) is -0.110. The minimum atomic E-state index is -0.110. The molecule has 1 aliphatic rings. The smallest absolute Gasteiger partial charge is 0.306 e. The summed E-state index contributed by atoms with van der Waals surface area (Å²) >= 11 is 0. The van der Waals surface area contributed by atoms with E-state index in [4.69, 9.17) is 4.74 Å². The van der Waals surface area contributed by atoms with E-state index in [1.54, 1.807) is 0 Å². The molecule has 0 spiro atoms. The van der Waals surface area contributed by atoms with Crippen molar-refractivity contribution in [2.45, 2.75) is 32.6 Å². The third-order valence-electron chi connectivity index (χ3n) is 3.33. The Kier molecular flexibility index (Phi) is 4.62. The van der Waals surface area contributed by atoms with E-state index in [-0.39, 0.29) is 5.97 Å². The zero-order valence-electron chi connectivity index (χ0n) is 11.0. The van der Waals surface area contributed by atoms with Crippen LogP contribution >= 0.6 is 0 Å². The minimum absolute atomic E-state index is 0.110. The maximum Gasteiger partial charge on any atom is 0.306 e. The zero-order valence-corrected chi connectivity index (χ0v) is 11.0. The first kappa shape index (κ1) is 12.9. The fraction of sp³-hybridized carbons (Fsp3) is 0.533. The van der Waals surface area contributed by atoms with Gasteiger partial charge >= 0.3 is 5.97 Å². The van der Waals surface area contributed by atoms with Crippen molar-refractivity contribution >= 4 is 11.7 Å².